The Morgan fingerprint density at radius 2 is 1.62 bits per heavy atom. The molecular formula is C27H32F3N7O3. The number of H-pyrrole nitrogens is 1. The molecule has 214 valence electrons. The maximum absolute atomic E-state index is 13.4. The summed E-state index contributed by atoms with van der Waals surface area (Å²) >= 11 is 0. The molecule has 1 saturated carbocycles. The van der Waals surface area contributed by atoms with E-state index in [0.717, 1.165) is 41.3 Å². The molecule has 0 atom stereocenters. The van der Waals surface area contributed by atoms with Crippen molar-refractivity contribution < 1.29 is 22.8 Å². The highest BCUT2D eigenvalue weighted by molar-refractivity contribution is 5.81. The first-order valence-electron chi connectivity index (χ1n) is 13.9. The number of hydrogen-bond donors (Lipinski definition) is 1. The Morgan fingerprint density at radius 3 is 2.33 bits per heavy atom. The van der Waals surface area contributed by atoms with Crippen molar-refractivity contribution in [1.29, 1.82) is 0 Å². The van der Waals surface area contributed by atoms with E-state index in [1.807, 2.05) is 29.2 Å². The number of fused-ring (bicyclic) bond motifs is 2. The Labute approximate surface area is 228 Å². The first-order valence-corrected chi connectivity index (χ1v) is 13.9. The molecular weight excluding hydrogens is 527 g/mol. The molecule has 13 heteroatoms. The molecule has 10 nitrogen and oxygen atoms in total. The third-order valence-electron chi connectivity index (χ3n) is 8.88. The zero-order chi connectivity index (χ0) is 28.1. The smallest absolute Gasteiger partial charge is 0.343 e. The Balaban J connectivity index is 1.08. The van der Waals surface area contributed by atoms with E-state index in [9.17, 15) is 27.6 Å². The van der Waals surface area contributed by atoms with Crippen LogP contribution in [-0.4, -0.2) is 65.6 Å². The van der Waals surface area contributed by atoms with Gasteiger partial charge in [0.05, 0.1) is 17.6 Å². The number of carbonyl (C=O) groups is 2. The van der Waals surface area contributed by atoms with Crippen LogP contribution >= 0.6 is 0 Å². The van der Waals surface area contributed by atoms with E-state index in [4.69, 9.17) is 0 Å². The summed E-state index contributed by atoms with van der Waals surface area (Å²) in [7, 11) is 0. The largest absolute Gasteiger partial charge is 0.451 e. The highest BCUT2D eigenvalue weighted by Crippen LogP contribution is 2.45. The molecule has 2 amide bonds. The monoisotopic (exact) mass is 559 g/mol. The summed E-state index contributed by atoms with van der Waals surface area (Å²) in [6.45, 7) is 1.21. The summed E-state index contributed by atoms with van der Waals surface area (Å²) in [5.41, 5.74) is 1.08. The normalized spacial score (nSPS) is 19.8. The number of halogens is 3. The van der Waals surface area contributed by atoms with Gasteiger partial charge in [-0.2, -0.15) is 13.2 Å². The fourth-order valence-electron chi connectivity index (χ4n) is 6.80. The number of piperidine rings is 1. The van der Waals surface area contributed by atoms with Crippen LogP contribution in [0.15, 0.2) is 29.1 Å². The SMILES string of the molecule is O=C(CC1(CC(=O)N2CCn3c(nnc3C(F)(F)F)C2)CCCC1)N1CCC(n2c(=O)[nH]c3ccccc32)CC1. The number of aromatic amines is 1. The van der Waals surface area contributed by atoms with Crippen molar-refractivity contribution in [2.75, 3.05) is 19.6 Å². The Kier molecular flexibility index (Phi) is 6.70. The quantitative estimate of drug-likeness (QED) is 0.515. The molecule has 4 heterocycles. The molecule has 0 spiro atoms. The number of aromatic nitrogens is 5. The molecule has 0 radical (unpaired) electrons. The zero-order valence-corrected chi connectivity index (χ0v) is 22.1. The molecule has 2 aromatic heterocycles. The summed E-state index contributed by atoms with van der Waals surface area (Å²) in [5, 5.41) is 6.97. The lowest BCUT2D eigenvalue weighted by molar-refractivity contribution is -0.148. The Morgan fingerprint density at radius 1 is 0.950 bits per heavy atom. The zero-order valence-electron chi connectivity index (χ0n) is 22.1. The molecule has 1 aromatic carbocycles. The van der Waals surface area contributed by atoms with Crippen molar-refractivity contribution in [1.82, 2.24) is 34.1 Å². The maximum atomic E-state index is 13.4. The van der Waals surface area contributed by atoms with Gasteiger partial charge in [-0.15, -0.1) is 10.2 Å². The van der Waals surface area contributed by atoms with Crippen LogP contribution < -0.4 is 5.69 Å². The average molecular weight is 560 g/mol. The highest BCUT2D eigenvalue weighted by Gasteiger charge is 2.43. The van der Waals surface area contributed by atoms with Crippen LogP contribution in [0, 0.1) is 5.41 Å². The number of nitrogens with zero attached hydrogens (tertiary/aromatic N) is 6. The van der Waals surface area contributed by atoms with Gasteiger partial charge < -0.3 is 19.4 Å². The molecule has 0 unspecified atom stereocenters. The molecule has 2 fully saturated rings. The number of para-hydroxylation sites is 2. The summed E-state index contributed by atoms with van der Waals surface area (Å²) in [4.78, 5) is 45.7. The van der Waals surface area contributed by atoms with Gasteiger partial charge in [-0.25, -0.2) is 4.79 Å². The predicted molar refractivity (Wildman–Crippen MR) is 138 cm³/mol. The van der Waals surface area contributed by atoms with Crippen molar-refractivity contribution in [2.45, 2.75) is 76.7 Å². The van der Waals surface area contributed by atoms with Gasteiger partial charge in [0.25, 0.3) is 0 Å². The first kappa shape index (κ1) is 26.6. The van der Waals surface area contributed by atoms with Crippen molar-refractivity contribution >= 4 is 22.8 Å². The maximum Gasteiger partial charge on any atom is 0.451 e. The average Bonchev–Trinajstić information content (AvgIpc) is 3.64. The summed E-state index contributed by atoms with van der Waals surface area (Å²) in [6.07, 6.45) is 0.651. The predicted octanol–water partition coefficient (Wildman–Crippen LogP) is 3.49. The van der Waals surface area contributed by atoms with Gasteiger partial charge in [0.15, 0.2) is 5.82 Å². The van der Waals surface area contributed by atoms with Crippen LogP contribution in [0.4, 0.5) is 13.2 Å². The van der Waals surface area contributed by atoms with Gasteiger partial charge in [-0.3, -0.25) is 14.2 Å². The van der Waals surface area contributed by atoms with Crippen LogP contribution in [-0.2, 0) is 28.9 Å². The fraction of sp³-hybridized carbons (Fsp3) is 0.593. The van der Waals surface area contributed by atoms with E-state index < -0.39 is 17.4 Å². The minimum Gasteiger partial charge on any atom is -0.343 e. The van der Waals surface area contributed by atoms with Gasteiger partial charge in [-0.1, -0.05) is 25.0 Å². The second kappa shape index (κ2) is 10.1. The molecule has 1 N–H and O–H groups in total. The molecule has 0 bridgehead atoms. The number of imidazole rings is 1. The van der Waals surface area contributed by atoms with E-state index >= 15 is 0 Å². The van der Waals surface area contributed by atoms with E-state index in [1.165, 1.54) is 0 Å². The van der Waals surface area contributed by atoms with E-state index in [-0.39, 0.29) is 61.8 Å². The standard InChI is InChI=1S/C27H32F3N7O3/c28-27(29,30)24-33-32-21-17-35(13-14-36(21)24)23(39)16-26(9-3-4-10-26)15-22(38)34-11-7-18(8-12-34)37-20-6-2-1-5-19(20)31-25(37)40/h1-2,5-6,18H,3-4,7-17H2,(H,31,40). The van der Waals surface area contributed by atoms with Crippen LogP contribution in [0.5, 0.6) is 0 Å². The van der Waals surface area contributed by atoms with Gasteiger partial charge in [0, 0.05) is 45.1 Å². The lowest BCUT2D eigenvalue weighted by Gasteiger charge is -2.37. The number of rotatable bonds is 5. The second-order valence-electron chi connectivity index (χ2n) is 11.4. The third kappa shape index (κ3) is 4.90. The Hall–Kier alpha value is -3.64. The van der Waals surface area contributed by atoms with Gasteiger partial charge in [-0.05, 0) is 43.2 Å². The summed E-state index contributed by atoms with van der Waals surface area (Å²) < 4.78 is 42.4. The number of likely N-dealkylation sites (tertiary alicyclic amines) is 1. The number of carbonyl (C=O) groups excluding carboxylic acids is 2. The lowest BCUT2D eigenvalue weighted by atomic mass is 9.78. The number of hydrogen-bond acceptors (Lipinski definition) is 5. The summed E-state index contributed by atoms with van der Waals surface area (Å²) in [6, 6.07) is 7.60. The second-order valence-corrected chi connectivity index (χ2v) is 11.4. The minimum atomic E-state index is -4.59. The third-order valence-corrected chi connectivity index (χ3v) is 8.88. The summed E-state index contributed by atoms with van der Waals surface area (Å²) in [5.74, 6) is -1.05. The van der Waals surface area contributed by atoms with Crippen LogP contribution in [0.25, 0.3) is 11.0 Å². The fourth-order valence-corrected chi connectivity index (χ4v) is 6.80. The van der Waals surface area contributed by atoms with Crippen molar-refractivity contribution in [3.05, 3.63) is 46.4 Å². The van der Waals surface area contributed by atoms with Gasteiger partial charge >= 0.3 is 11.9 Å². The molecule has 3 aliphatic rings. The van der Waals surface area contributed by atoms with E-state index in [0.29, 0.717) is 25.9 Å². The number of amides is 2. The van der Waals surface area contributed by atoms with Crippen LogP contribution in [0.3, 0.4) is 0 Å². The van der Waals surface area contributed by atoms with Crippen LogP contribution in [0.2, 0.25) is 0 Å². The lowest BCUT2D eigenvalue weighted by Crippen LogP contribution is -2.44. The van der Waals surface area contributed by atoms with Gasteiger partial charge in [0.2, 0.25) is 17.6 Å². The molecule has 1 aliphatic carbocycles. The highest BCUT2D eigenvalue weighted by atomic mass is 19.4. The van der Waals surface area contributed by atoms with Crippen molar-refractivity contribution in [2.24, 2.45) is 5.41 Å². The molecule has 3 aromatic rings. The Bertz CT molecular complexity index is 1480. The first-order chi connectivity index (χ1) is 19.1. The minimum absolute atomic E-state index is 0.00808. The van der Waals surface area contributed by atoms with E-state index in [2.05, 4.69) is 15.2 Å². The van der Waals surface area contributed by atoms with E-state index in [1.54, 1.807) is 9.47 Å². The number of alkyl halides is 3. The van der Waals surface area contributed by atoms with Crippen molar-refractivity contribution in [3.63, 3.8) is 0 Å². The van der Waals surface area contributed by atoms with Gasteiger partial charge in [0.1, 0.15) is 0 Å². The van der Waals surface area contributed by atoms with Crippen LogP contribution in [0.1, 0.15) is 69.1 Å². The molecule has 1 saturated heterocycles. The topological polar surface area (TPSA) is 109 Å². The molecule has 40 heavy (non-hydrogen) atoms. The molecule has 6 rings (SSSR count). The number of benzene rings is 1. The molecule has 2 aliphatic heterocycles. The number of nitrogens with one attached hydrogen (secondary N) is 1. The van der Waals surface area contributed by atoms with Crippen molar-refractivity contribution in [3.8, 4) is 0 Å².